The Hall–Kier alpha value is -0.0800. The minimum absolute atomic E-state index is 0.305. The molecule has 0 aromatic carbocycles. The second-order valence-corrected chi connectivity index (χ2v) is 8.91. The molecule has 2 rings (SSSR count). The van der Waals surface area contributed by atoms with Gasteiger partial charge >= 0.3 is 0 Å². The fourth-order valence-electron chi connectivity index (χ4n) is 4.42. The quantitative estimate of drug-likeness (QED) is 0.777. The second kappa shape index (κ2) is 7.00. The van der Waals surface area contributed by atoms with Gasteiger partial charge in [-0.05, 0) is 62.8 Å². The summed E-state index contributed by atoms with van der Waals surface area (Å²) in [5.74, 6) is 0.795. The maximum Gasteiger partial charge on any atom is 0.0335 e. The Balaban J connectivity index is 2.11. The fourth-order valence-corrected chi connectivity index (χ4v) is 4.42. The van der Waals surface area contributed by atoms with E-state index in [9.17, 15) is 0 Å². The normalized spacial score (nSPS) is 25.9. The van der Waals surface area contributed by atoms with Crippen LogP contribution in [-0.4, -0.2) is 29.6 Å². The Kier molecular flexibility index (Phi) is 5.76. The van der Waals surface area contributed by atoms with E-state index in [-0.39, 0.29) is 0 Å². The van der Waals surface area contributed by atoms with Crippen LogP contribution in [-0.2, 0) is 0 Å². The van der Waals surface area contributed by atoms with Crippen molar-refractivity contribution in [2.24, 2.45) is 17.1 Å². The van der Waals surface area contributed by atoms with E-state index in [0.29, 0.717) is 11.0 Å². The molecule has 2 nitrogen and oxygen atoms in total. The summed E-state index contributed by atoms with van der Waals surface area (Å²) in [5, 5.41) is 0. The van der Waals surface area contributed by atoms with Crippen LogP contribution in [0.5, 0.6) is 0 Å². The average Bonchev–Trinajstić information content (AvgIpc) is 2.94. The molecule has 2 aliphatic rings. The predicted molar refractivity (Wildman–Crippen MR) is 92.5 cm³/mol. The molecule has 2 fully saturated rings. The summed E-state index contributed by atoms with van der Waals surface area (Å²) in [4.78, 5) is 2.88. The Morgan fingerprint density at radius 3 is 2.10 bits per heavy atom. The first-order valence-corrected chi connectivity index (χ1v) is 9.35. The van der Waals surface area contributed by atoms with Crippen molar-refractivity contribution in [2.45, 2.75) is 97.1 Å². The molecule has 2 saturated carbocycles. The molecule has 0 radical (unpaired) electrons. The molecule has 2 N–H and O–H groups in total. The van der Waals surface area contributed by atoms with Gasteiger partial charge < -0.3 is 5.73 Å². The molecule has 0 spiro atoms. The van der Waals surface area contributed by atoms with Gasteiger partial charge in [-0.1, -0.05) is 40.5 Å². The smallest absolute Gasteiger partial charge is 0.0335 e. The monoisotopic (exact) mass is 294 g/mol. The predicted octanol–water partition coefficient (Wildman–Crippen LogP) is 4.57. The number of hydrogen-bond donors (Lipinski definition) is 1. The zero-order valence-electron chi connectivity index (χ0n) is 15.0. The zero-order valence-corrected chi connectivity index (χ0v) is 15.0. The van der Waals surface area contributed by atoms with Crippen molar-refractivity contribution in [3.05, 3.63) is 0 Å². The first-order valence-electron chi connectivity index (χ1n) is 9.35. The molecule has 124 valence electrons. The van der Waals surface area contributed by atoms with Gasteiger partial charge in [0.25, 0.3) is 0 Å². The molecule has 21 heavy (non-hydrogen) atoms. The molecule has 0 unspecified atom stereocenters. The SMILES string of the molecule is CC(C)CCN(C1CCCC1)C1(CN)CCC(C)(C)CC1. The minimum atomic E-state index is 0.305. The average molecular weight is 295 g/mol. The molecule has 0 amide bonds. The molecule has 0 aliphatic heterocycles. The van der Waals surface area contributed by atoms with Crippen LogP contribution in [0.1, 0.15) is 85.5 Å². The highest BCUT2D eigenvalue weighted by atomic mass is 15.2. The van der Waals surface area contributed by atoms with Crippen molar-refractivity contribution < 1.29 is 0 Å². The van der Waals surface area contributed by atoms with Crippen LogP contribution in [0.4, 0.5) is 0 Å². The van der Waals surface area contributed by atoms with Gasteiger partial charge in [0.2, 0.25) is 0 Å². The van der Waals surface area contributed by atoms with Gasteiger partial charge in [-0.25, -0.2) is 0 Å². The van der Waals surface area contributed by atoms with E-state index in [1.54, 1.807) is 0 Å². The summed E-state index contributed by atoms with van der Waals surface area (Å²) >= 11 is 0. The maximum atomic E-state index is 6.36. The number of nitrogens with zero attached hydrogens (tertiary/aromatic N) is 1. The minimum Gasteiger partial charge on any atom is -0.329 e. The maximum absolute atomic E-state index is 6.36. The van der Waals surface area contributed by atoms with Gasteiger partial charge in [0.05, 0.1) is 0 Å². The lowest BCUT2D eigenvalue weighted by Crippen LogP contribution is -2.59. The Morgan fingerprint density at radius 2 is 1.62 bits per heavy atom. The highest BCUT2D eigenvalue weighted by molar-refractivity contribution is 5.00. The van der Waals surface area contributed by atoms with Gasteiger partial charge in [0.15, 0.2) is 0 Å². The second-order valence-electron chi connectivity index (χ2n) is 8.91. The summed E-state index contributed by atoms with van der Waals surface area (Å²) in [5.41, 5.74) is 7.19. The number of rotatable bonds is 6. The van der Waals surface area contributed by atoms with E-state index in [1.807, 2.05) is 0 Å². The zero-order chi connectivity index (χ0) is 15.5. The van der Waals surface area contributed by atoms with Crippen LogP contribution in [0, 0.1) is 11.3 Å². The van der Waals surface area contributed by atoms with Gasteiger partial charge in [-0.2, -0.15) is 0 Å². The molecular weight excluding hydrogens is 256 g/mol. The molecule has 2 aliphatic carbocycles. The van der Waals surface area contributed by atoms with Crippen LogP contribution < -0.4 is 5.73 Å². The highest BCUT2D eigenvalue weighted by Crippen LogP contribution is 2.44. The highest BCUT2D eigenvalue weighted by Gasteiger charge is 2.44. The molecule has 0 bridgehead atoms. The molecule has 0 heterocycles. The number of hydrogen-bond acceptors (Lipinski definition) is 2. The van der Waals surface area contributed by atoms with Crippen molar-refractivity contribution in [2.75, 3.05) is 13.1 Å². The third-order valence-electron chi connectivity index (χ3n) is 6.24. The third-order valence-corrected chi connectivity index (χ3v) is 6.24. The van der Waals surface area contributed by atoms with Crippen molar-refractivity contribution >= 4 is 0 Å². The van der Waals surface area contributed by atoms with E-state index in [0.717, 1.165) is 18.5 Å². The van der Waals surface area contributed by atoms with E-state index < -0.39 is 0 Å². The van der Waals surface area contributed by atoms with Crippen molar-refractivity contribution in [1.29, 1.82) is 0 Å². The lowest BCUT2D eigenvalue weighted by atomic mass is 9.68. The molecule has 0 saturated heterocycles. The molecule has 0 aromatic heterocycles. The van der Waals surface area contributed by atoms with Crippen molar-refractivity contribution in [3.63, 3.8) is 0 Å². The first kappa shape index (κ1) is 17.3. The van der Waals surface area contributed by atoms with E-state index in [2.05, 4.69) is 32.6 Å². The molecule has 0 atom stereocenters. The summed E-state index contributed by atoms with van der Waals surface area (Å²) < 4.78 is 0. The van der Waals surface area contributed by atoms with E-state index in [4.69, 9.17) is 5.73 Å². The molecule has 2 heteroatoms. The fraction of sp³-hybridized carbons (Fsp3) is 1.00. The first-order chi connectivity index (χ1) is 9.88. The van der Waals surface area contributed by atoms with Crippen LogP contribution in [0.15, 0.2) is 0 Å². The molecular formula is C19H38N2. The van der Waals surface area contributed by atoms with Gasteiger partial charge in [0.1, 0.15) is 0 Å². The lowest BCUT2D eigenvalue weighted by molar-refractivity contribution is -0.00857. The van der Waals surface area contributed by atoms with Crippen LogP contribution >= 0.6 is 0 Å². The summed E-state index contributed by atoms with van der Waals surface area (Å²) in [6.45, 7) is 11.7. The molecule has 0 aromatic rings. The van der Waals surface area contributed by atoms with Crippen LogP contribution in [0.25, 0.3) is 0 Å². The third kappa shape index (κ3) is 4.22. The van der Waals surface area contributed by atoms with Crippen molar-refractivity contribution in [3.8, 4) is 0 Å². The van der Waals surface area contributed by atoms with Gasteiger partial charge in [0, 0.05) is 18.1 Å². The van der Waals surface area contributed by atoms with Gasteiger partial charge in [-0.15, -0.1) is 0 Å². The lowest BCUT2D eigenvalue weighted by Gasteiger charge is -2.52. The van der Waals surface area contributed by atoms with Crippen LogP contribution in [0.2, 0.25) is 0 Å². The number of nitrogens with two attached hydrogens (primary N) is 1. The Morgan fingerprint density at radius 1 is 1.05 bits per heavy atom. The largest absolute Gasteiger partial charge is 0.329 e. The topological polar surface area (TPSA) is 29.3 Å². The summed E-state index contributed by atoms with van der Waals surface area (Å²) in [7, 11) is 0. The van der Waals surface area contributed by atoms with E-state index in [1.165, 1.54) is 64.3 Å². The van der Waals surface area contributed by atoms with Crippen LogP contribution in [0.3, 0.4) is 0 Å². The summed E-state index contributed by atoms with van der Waals surface area (Å²) in [6, 6.07) is 0.813. The Labute approximate surface area is 132 Å². The van der Waals surface area contributed by atoms with Crippen molar-refractivity contribution in [1.82, 2.24) is 4.90 Å². The standard InChI is InChI=1S/C19H38N2/c1-16(2)9-14-21(17-7-5-6-8-17)19(15-20)12-10-18(3,4)11-13-19/h16-17H,5-15,20H2,1-4H3. The summed E-state index contributed by atoms with van der Waals surface area (Å²) in [6.07, 6.45) is 12.3. The van der Waals surface area contributed by atoms with E-state index >= 15 is 0 Å². The van der Waals surface area contributed by atoms with Gasteiger partial charge in [-0.3, -0.25) is 4.90 Å². The Bertz CT molecular complexity index is 306.